The van der Waals surface area contributed by atoms with Crippen molar-refractivity contribution >= 4 is 43.0 Å². The molecule has 0 amide bonds. The molecule has 0 bridgehead atoms. The van der Waals surface area contributed by atoms with Crippen LogP contribution >= 0.6 is 25.6 Å². The van der Waals surface area contributed by atoms with E-state index in [0.717, 1.165) is 60.8 Å². The Balaban J connectivity index is 0.00000353. The number of nitrogens with one attached hydrogen (secondary N) is 1. The standard InChI is InChI=1S/C30H30N4O3S.H2S/c35-30(36)22-32-38-34-17-15-33(16-18-34)26-11-8-23(9-12-26)6-7-24-10-13-29-27(20-24)28(14-19-37-29)31-21-25-4-2-1-3-5-25;/h1-5,8-13,20,32H,14-19,21-22H2,(H,35,36);1H2. The first kappa shape index (κ1) is 28.6. The predicted molar refractivity (Wildman–Crippen MR) is 163 cm³/mol. The summed E-state index contributed by atoms with van der Waals surface area (Å²) in [4.78, 5) is 17.9. The number of anilines is 1. The maximum atomic E-state index is 10.6. The molecule has 3 aromatic rings. The molecule has 39 heavy (non-hydrogen) atoms. The molecule has 1 saturated heterocycles. The van der Waals surface area contributed by atoms with Crippen LogP contribution in [0.5, 0.6) is 5.75 Å². The van der Waals surface area contributed by atoms with Crippen LogP contribution < -0.4 is 14.4 Å². The van der Waals surface area contributed by atoms with Gasteiger partial charge in [-0.15, -0.1) is 0 Å². The topological polar surface area (TPSA) is 77.4 Å². The smallest absolute Gasteiger partial charge is 0.318 e. The quantitative estimate of drug-likeness (QED) is 0.329. The van der Waals surface area contributed by atoms with Gasteiger partial charge in [0.05, 0.1) is 13.2 Å². The molecule has 0 spiro atoms. The van der Waals surface area contributed by atoms with Crippen molar-refractivity contribution in [2.24, 2.45) is 4.99 Å². The number of hydrogen-bond donors (Lipinski definition) is 2. The maximum Gasteiger partial charge on any atom is 0.318 e. The average Bonchev–Trinajstić information content (AvgIpc) is 2.96. The molecule has 0 aromatic heterocycles. The summed E-state index contributed by atoms with van der Waals surface area (Å²) in [5, 5.41) is 8.75. The molecule has 3 aromatic carbocycles. The van der Waals surface area contributed by atoms with Crippen molar-refractivity contribution in [3.63, 3.8) is 0 Å². The maximum absolute atomic E-state index is 10.6. The summed E-state index contributed by atoms with van der Waals surface area (Å²) < 4.78 is 10.9. The van der Waals surface area contributed by atoms with Crippen molar-refractivity contribution in [2.75, 3.05) is 44.2 Å². The van der Waals surface area contributed by atoms with Gasteiger partial charge in [-0.25, -0.2) is 9.03 Å². The van der Waals surface area contributed by atoms with Gasteiger partial charge < -0.3 is 14.7 Å². The summed E-state index contributed by atoms with van der Waals surface area (Å²) in [5.74, 6) is 6.62. The van der Waals surface area contributed by atoms with Crippen LogP contribution in [0.3, 0.4) is 0 Å². The van der Waals surface area contributed by atoms with Crippen molar-refractivity contribution in [3.8, 4) is 17.6 Å². The molecule has 0 aliphatic carbocycles. The van der Waals surface area contributed by atoms with Crippen LogP contribution in [-0.4, -0.2) is 60.4 Å². The Hall–Kier alpha value is -3.42. The number of carboxylic acid groups (broad SMARTS) is 1. The van der Waals surface area contributed by atoms with Crippen LogP contribution in [0.1, 0.15) is 28.7 Å². The molecule has 5 rings (SSSR count). The van der Waals surface area contributed by atoms with Crippen molar-refractivity contribution in [1.29, 1.82) is 0 Å². The number of aliphatic imine (C=N–C) groups is 1. The van der Waals surface area contributed by atoms with E-state index in [-0.39, 0.29) is 20.0 Å². The Kier molecular flexibility index (Phi) is 10.3. The van der Waals surface area contributed by atoms with Crippen LogP contribution in [0.25, 0.3) is 0 Å². The molecule has 202 valence electrons. The average molecular weight is 561 g/mol. The summed E-state index contributed by atoms with van der Waals surface area (Å²) in [6.07, 6.45) is 0.796. The van der Waals surface area contributed by atoms with Gasteiger partial charge in [-0.1, -0.05) is 42.2 Å². The van der Waals surface area contributed by atoms with Gasteiger partial charge in [0.25, 0.3) is 0 Å². The summed E-state index contributed by atoms with van der Waals surface area (Å²) in [6, 6.07) is 24.7. The number of hydrogen-bond acceptors (Lipinski definition) is 7. The van der Waals surface area contributed by atoms with E-state index in [1.54, 1.807) is 0 Å². The minimum absolute atomic E-state index is 0. The van der Waals surface area contributed by atoms with E-state index >= 15 is 0 Å². The monoisotopic (exact) mass is 560 g/mol. The lowest BCUT2D eigenvalue weighted by Crippen LogP contribution is -2.44. The van der Waals surface area contributed by atoms with E-state index in [2.05, 4.69) is 68.2 Å². The Labute approximate surface area is 241 Å². The molecule has 2 heterocycles. The number of fused-ring (bicyclic) bond motifs is 1. The molecular weight excluding hydrogens is 528 g/mol. The number of aliphatic carboxylic acids is 1. The fraction of sp³-hybridized carbons (Fsp3) is 0.267. The molecule has 2 N–H and O–H groups in total. The summed E-state index contributed by atoms with van der Waals surface area (Å²) in [6.45, 7) is 4.75. The molecule has 0 radical (unpaired) electrons. The SMILES string of the molecule is O=C(O)CNSN1CCN(c2ccc(C#Cc3ccc4c(c3)C(=NCc3ccccc3)CCO4)cc2)CC1.S. The molecule has 7 nitrogen and oxygen atoms in total. The minimum atomic E-state index is -0.850. The van der Waals surface area contributed by atoms with Crippen LogP contribution in [0, 0.1) is 11.8 Å². The molecule has 0 unspecified atom stereocenters. The van der Waals surface area contributed by atoms with Gasteiger partial charge in [-0.05, 0) is 48.0 Å². The zero-order valence-electron chi connectivity index (χ0n) is 21.6. The van der Waals surface area contributed by atoms with E-state index < -0.39 is 5.97 Å². The number of nitrogens with zero attached hydrogens (tertiary/aromatic N) is 3. The zero-order valence-corrected chi connectivity index (χ0v) is 23.4. The van der Waals surface area contributed by atoms with Crippen molar-refractivity contribution < 1.29 is 14.6 Å². The number of rotatable bonds is 7. The second kappa shape index (κ2) is 14.1. The third-order valence-electron chi connectivity index (χ3n) is 6.42. The van der Waals surface area contributed by atoms with Gasteiger partial charge in [0.15, 0.2) is 0 Å². The van der Waals surface area contributed by atoms with Gasteiger partial charge in [-0.3, -0.25) is 9.79 Å². The van der Waals surface area contributed by atoms with Crippen LogP contribution in [0.2, 0.25) is 0 Å². The first-order chi connectivity index (χ1) is 18.6. The van der Waals surface area contributed by atoms with Crippen LogP contribution in [0.4, 0.5) is 5.69 Å². The van der Waals surface area contributed by atoms with Crippen molar-refractivity contribution in [2.45, 2.75) is 13.0 Å². The normalized spacial score (nSPS) is 15.9. The highest BCUT2D eigenvalue weighted by Crippen LogP contribution is 2.27. The molecule has 9 heteroatoms. The van der Waals surface area contributed by atoms with Gasteiger partial charge in [0.2, 0.25) is 0 Å². The Morgan fingerprint density at radius 1 is 0.974 bits per heavy atom. The minimum Gasteiger partial charge on any atom is -0.492 e. The molecule has 0 saturated carbocycles. The molecule has 1 fully saturated rings. The highest BCUT2D eigenvalue weighted by Gasteiger charge is 2.18. The lowest BCUT2D eigenvalue weighted by atomic mass is 10.0. The third-order valence-corrected chi connectivity index (χ3v) is 7.32. The number of piperazine rings is 1. The lowest BCUT2D eigenvalue weighted by Gasteiger charge is -2.35. The summed E-state index contributed by atoms with van der Waals surface area (Å²) in [5.41, 5.74) is 6.37. The first-order valence-corrected chi connectivity index (χ1v) is 13.5. The van der Waals surface area contributed by atoms with E-state index in [1.807, 2.05) is 30.3 Å². The second-order valence-electron chi connectivity index (χ2n) is 9.08. The van der Waals surface area contributed by atoms with Crippen LogP contribution in [0.15, 0.2) is 77.8 Å². The highest BCUT2D eigenvalue weighted by atomic mass is 32.2. The molecule has 0 atom stereocenters. The Bertz CT molecular complexity index is 1350. The van der Waals surface area contributed by atoms with E-state index in [9.17, 15) is 4.79 Å². The first-order valence-electron chi connectivity index (χ1n) is 12.7. The second-order valence-corrected chi connectivity index (χ2v) is 10.1. The number of ether oxygens (including phenoxy) is 1. The highest BCUT2D eigenvalue weighted by molar-refractivity contribution is 7.95. The Morgan fingerprint density at radius 3 is 2.44 bits per heavy atom. The number of carboxylic acids is 1. The van der Waals surface area contributed by atoms with Gasteiger partial charge in [0, 0.05) is 72.8 Å². The van der Waals surface area contributed by atoms with E-state index in [1.165, 1.54) is 23.4 Å². The summed E-state index contributed by atoms with van der Waals surface area (Å²) in [7, 11) is 0. The largest absolute Gasteiger partial charge is 0.492 e. The van der Waals surface area contributed by atoms with Crippen molar-refractivity contribution in [3.05, 3.63) is 95.1 Å². The molecule has 2 aliphatic heterocycles. The van der Waals surface area contributed by atoms with E-state index in [4.69, 9.17) is 14.8 Å². The van der Waals surface area contributed by atoms with E-state index in [0.29, 0.717) is 13.2 Å². The molecular formula is C30H32N4O3S2. The van der Waals surface area contributed by atoms with Crippen molar-refractivity contribution in [1.82, 2.24) is 9.03 Å². The fourth-order valence-corrected chi connectivity index (χ4v) is 5.13. The van der Waals surface area contributed by atoms with Crippen LogP contribution in [-0.2, 0) is 11.3 Å². The number of benzene rings is 3. The predicted octanol–water partition coefficient (Wildman–Crippen LogP) is 4.33. The Morgan fingerprint density at radius 2 is 1.69 bits per heavy atom. The third kappa shape index (κ3) is 8.04. The lowest BCUT2D eigenvalue weighted by molar-refractivity contribution is -0.135. The fourth-order valence-electron chi connectivity index (χ4n) is 4.41. The number of carbonyl (C=O) groups is 1. The summed E-state index contributed by atoms with van der Waals surface area (Å²) >= 11 is 1.38. The van der Waals surface area contributed by atoms with Gasteiger partial charge in [-0.2, -0.15) is 13.5 Å². The zero-order chi connectivity index (χ0) is 26.2. The van der Waals surface area contributed by atoms with Gasteiger partial charge >= 0.3 is 5.97 Å². The molecule has 2 aliphatic rings. The van der Waals surface area contributed by atoms with Gasteiger partial charge in [0.1, 0.15) is 12.3 Å².